The highest BCUT2D eigenvalue weighted by atomic mass is 35.5. The quantitative estimate of drug-likeness (QED) is 0.745. The van der Waals surface area contributed by atoms with Crippen LogP contribution in [0.1, 0.15) is 0 Å². The van der Waals surface area contributed by atoms with Crippen LogP contribution in [0.5, 0.6) is 0 Å². The molecule has 2 aromatic heterocycles. The Labute approximate surface area is 111 Å². The van der Waals surface area contributed by atoms with E-state index in [1.54, 1.807) is 22.9 Å². The first-order chi connectivity index (χ1) is 8.66. The molecule has 0 fully saturated rings. The van der Waals surface area contributed by atoms with Gasteiger partial charge in [-0.05, 0) is 18.2 Å². The van der Waals surface area contributed by atoms with E-state index in [1.807, 2.05) is 0 Å². The molecule has 0 saturated heterocycles. The van der Waals surface area contributed by atoms with Crippen LogP contribution >= 0.6 is 23.2 Å². The third-order valence-corrected chi connectivity index (χ3v) is 3.27. The van der Waals surface area contributed by atoms with E-state index in [9.17, 15) is 4.79 Å². The van der Waals surface area contributed by atoms with Gasteiger partial charge in [-0.15, -0.1) is 0 Å². The van der Waals surface area contributed by atoms with Gasteiger partial charge in [-0.3, -0.25) is 9.89 Å². The van der Waals surface area contributed by atoms with Crippen LogP contribution < -0.4 is 5.43 Å². The molecule has 1 aromatic carbocycles. The molecule has 0 aliphatic carbocycles. The van der Waals surface area contributed by atoms with Crippen molar-refractivity contribution in [2.45, 2.75) is 0 Å². The van der Waals surface area contributed by atoms with E-state index in [0.29, 0.717) is 26.8 Å². The number of hydrogen-bond donors (Lipinski definition) is 1. The second-order valence-electron chi connectivity index (χ2n) is 3.65. The van der Waals surface area contributed by atoms with Crippen LogP contribution in [0.15, 0.2) is 35.4 Å². The fourth-order valence-corrected chi connectivity index (χ4v) is 1.96. The highest BCUT2D eigenvalue weighted by Crippen LogP contribution is 2.25. The molecule has 2 heterocycles. The minimum absolute atomic E-state index is 0.185. The number of nitrogens with zero attached hydrogens (tertiary/aromatic N) is 3. The number of aromatic nitrogens is 4. The smallest absolute Gasteiger partial charge is 0.211 e. The summed E-state index contributed by atoms with van der Waals surface area (Å²) in [5.74, 6) is 0. The summed E-state index contributed by atoms with van der Waals surface area (Å²) in [5, 5.41) is 12.0. The summed E-state index contributed by atoms with van der Waals surface area (Å²) < 4.78 is 1.55. The first kappa shape index (κ1) is 11.3. The van der Waals surface area contributed by atoms with Crippen LogP contribution in [0.2, 0.25) is 10.0 Å². The Morgan fingerprint density at radius 2 is 2.00 bits per heavy atom. The molecular weight excluding hydrogens is 275 g/mol. The van der Waals surface area contributed by atoms with Gasteiger partial charge in [0.15, 0.2) is 5.65 Å². The van der Waals surface area contributed by atoms with E-state index in [-0.39, 0.29) is 5.43 Å². The maximum absolute atomic E-state index is 11.6. The SMILES string of the molecule is O=c1cn[nH]c2c1cnn2-c1ccc(Cl)c(Cl)c1. The van der Waals surface area contributed by atoms with Crippen LogP contribution in [-0.4, -0.2) is 20.0 Å². The van der Waals surface area contributed by atoms with E-state index in [2.05, 4.69) is 15.3 Å². The molecule has 3 rings (SSSR count). The summed E-state index contributed by atoms with van der Waals surface area (Å²) in [6, 6.07) is 5.09. The average Bonchev–Trinajstić information content (AvgIpc) is 2.78. The zero-order valence-corrected chi connectivity index (χ0v) is 10.4. The van der Waals surface area contributed by atoms with E-state index >= 15 is 0 Å². The Kier molecular flexibility index (Phi) is 2.57. The number of H-pyrrole nitrogens is 1. The van der Waals surface area contributed by atoms with Crippen molar-refractivity contribution in [2.75, 3.05) is 0 Å². The normalized spacial score (nSPS) is 11.0. The molecule has 0 saturated carbocycles. The molecule has 0 spiro atoms. The number of aromatic amines is 1. The Morgan fingerprint density at radius 3 is 2.78 bits per heavy atom. The van der Waals surface area contributed by atoms with Gasteiger partial charge in [-0.2, -0.15) is 10.2 Å². The van der Waals surface area contributed by atoms with Gasteiger partial charge in [-0.25, -0.2) is 4.68 Å². The number of rotatable bonds is 1. The van der Waals surface area contributed by atoms with Crippen molar-refractivity contribution >= 4 is 34.2 Å². The van der Waals surface area contributed by atoms with Crippen molar-refractivity contribution in [1.29, 1.82) is 0 Å². The zero-order chi connectivity index (χ0) is 12.7. The van der Waals surface area contributed by atoms with Crippen LogP contribution in [0.25, 0.3) is 16.7 Å². The summed E-state index contributed by atoms with van der Waals surface area (Å²) in [7, 11) is 0. The second-order valence-corrected chi connectivity index (χ2v) is 4.47. The van der Waals surface area contributed by atoms with E-state index in [1.165, 1.54) is 12.4 Å². The van der Waals surface area contributed by atoms with Crippen LogP contribution in [0.3, 0.4) is 0 Å². The molecule has 1 N–H and O–H groups in total. The summed E-state index contributed by atoms with van der Waals surface area (Å²) in [6.07, 6.45) is 2.70. The lowest BCUT2D eigenvalue weighted by atomic mass is 10.3. The molecule has 0 aliphatic heterocycles. The van der Waals surface area contributed by atoms with Crippen molar-refractivity contribution in [3.63, 3.8) is 0 Å². The minimum atomic E-state index is -0.185. The van der Waals surface area contributed by atoms with Gasteiger partial charge in [0.1, 0.15) is 0 Å². The number of benzene rings is 1. The van der Waals surface area contributed by atoms with E-state index in [0.717, 1.165) is 0 Å². The van der Waals surface area contributed by atoms with Gasteiger partial charge in [0.2, 0.25) is 5.43 Å². The third-order valence-electron chi connectivity index (χ3n) is 2.53. The highest BCUT2D eigenvalue weighted by Gasteiger charge is 2.09. The molecule has 0 unspecified atom stereocenters. The molecule has 0 amide bonds. The molecule has 18 heavy (non-hydrogen) atoms. The molecule has 90 valence electrons. The van der Waals surface area contributed by atoms with Crippen molar-refractivity contribution in [2.24, 2.45) is 0 Å². The van der Waals surface area contributed by atoms with Gasteiger partial charge >= 0.3 is 0 Å². The summed E-state index contributed by atoms with van der Waals surface area (Å²) >= 11 is 11.8. The molecule has 5 nitrogen and oxygen atoms in total. The van der Waals surface area contributed by atoms with Gasteiger partial charge in [0.05, 0.1) is 33.5 Å². The maximum Gasteiger partial charge on any atom is 0.211 e. The van der Waals surface area contributed by atoms with E-state index < -0.39 is 0 Å². The first-order valence-corrected chi connectivity index (χ1v) is 5.79. The second kappa shape index (κ2) is 4.12. The van der Waals surface area contributed by atoms with Crippen LogP contribution in [0, 0.1) is 0 Å². The molecule has 0 atom stereocenters. The number of nitrogens with one attached hydrogen (secondary N) is 1. The van der Waals surface area contributed by atoms with E-state index in [4.69, 9.17) is 23.2 Å². The molecular formula is C11H6Cl2N4O. The molecule has 0 bridgehead atoms. The van der Waals surface area contributed by atoms with Crippen LogP contribution in [-0.2, 0) is 0 Å². The van der Waals surface area contributed by atoms with Gasteiger partial charge in [-0.1, -0.05) is 23.2 Å². The number of hydrogen-bond acceptors (Lipinski definition) is 3. The first-order valence-electron chi connectivity index (χ1n) is 5.03. The minimum Gasteiger partial charge on any atom is -0.287 e. The lowest BCUT2D eigenvalue weighted by Gasteiger charge is -2.04. The van der Waals surface area contributed by atoms with Gasteiger partial charge < -0.3 is 0 Å². The lowest BCUT2D eigenvalue weighted by Crippen LogP contribution is -2.04. The van der Waals surface area contributed by atoms with Gasteiger partial charge in [0.25, 0.3) is 0 Å². The van der Waals surface area contributed by atoms with Crippen molar-refractivity contribution in [3.05, 3.63) is 50.9 Å². The predicted octanol–water partition coefficient (Wildman–Crippen LogP) is 2.42. The zero-order valence-electron chi connectivity index (χ0n) is 8.89. The maximum atomic E-state index is 11.6. The fraction of sp³-hybridized carbons (Fsp3) is 0. The Hall–Kier alpha value is -1.85. The third kappa shape index (κ3) is 1.68. The summed E-state index contributed by atoms with van der Waals surface area (Å²) in [6.45, 7) is 0. The molecule has 0 aliphatic rings. The average molecular weight is 281 g/mol. The highest BCUT2D eigenvalue weighted by molar-refractivity contribution is 6.42. The van der Waals surface area contributed by atoms with Crippen molar-refractivity contribution < 1.29 is 0 Å². The number of fused-ring (bicyclic) bond motifs is 1. The van der Waals surface area contributed by atoms with Gasteiger partial charge in [0, 0.05) is 0 Å². The fourth-order valence-electron chi connectivity index (χ4n) is 1.67. The molecule has 7 heteroatoms. The predicted molar refractivity (Wildman–Crippen MR) is 69.5 cm³/mol. The van der Waals surface area contributed by atoms with Crippen molar-refractivity contribution in [3.8, 4) is 5.69 Å². The monoisotopic (exact) mass is 280 g/mol. The molecule has 3 aromatic rings. The Bertz CT molecular complexity index is 793. The largest absolute Gasteiger partial charge is 0.287 e. The lowest BCUT2D eigenvalue weighted by molar-refractivity contribution is 0.879. The summed E-state index contributed by atoms with van der Waals surface area (Å²) in [4.78, 5) is 11.6. The van der Waals surface area contributed by atoms with Crippen molar-refractivity contribution in [1.82, 2.24) is 20.0 Å². The Morgan fingerprint density at radius 1 is 1.17 bits per heavy atom. The summed E-state index contributed by atoms with van der Waals surface area (Å²) in [5.41, 5.74) is 1.03. The van der Waals surface area contributed by atoms with Crippen LogP contribution in [0.4, 0.5) is 0 Å². The topological polar surface area (TPSA) is 63.6 Å². The number of halogens is 2. The Balaban J connectivity index is 2.29. The molecule has 0 radical (unpaired) electrons. The standard InChI is InChI=1S/C11H6Cl2N4O/c12-8-2-1-6(3-9(8)13)17-11-7(4-15-17)10(18)5-14-16-11/h1-5H,(H,16,18).